The molecule has 1 atom stereocenters. The van der Waals surface area contributed by atoms with Crippen LogP contribution in [0.25, 0.3) is 0 Å². The zero-order valence-electron chi connectivity index (χ0n) is 6.61. The minimum Gasteiger partial charge on any atom is -0.374 e. The largest absolute Gasteiger partial charge is 0.374 e. The van der Waals surface area contributed by atoms with Crippen LogP contribution in [0.3, 0.4) is 0 Å². The standard InChI is InChI=1S/C6H12N4S/c1-3(2)4(7)5-9-10-6(8)11-5/h3-4H,7H2,1-2H3,(H2,8,10). The number of hydrogen-bond donors (Lipinski definition) is 2. The topological polar surface area (TPSA) is 77.8 Å². The van der Waals surface area contributed by atoms with E-state index in [-0.39, 0.29) is 6.04 Å². The summed E-state index contributed by atoms with van der Waals surface area (Å²) in [5.41, 5.74) is 11.2. The van der Waals surface area contributed by atoms with Gasteiger partial charge in [0, 0.05) is 0 Å². The van der Waals surface area contributed by atoms with Crippen molar-refractivity contribution in [2.45, 2.75) is 19.9 Å². The van der Waals surface area contributed by atoms with Crippen LogP contribution in [0.5, 0.6) is 0 Å². The third kappa shape index (κ3) is 1.87. The van der Waals surface area contributed by atoms with Gasteiger partial charge in [0.1, 0.15) is 5.01 Å². The number of hydrogen-bond acceptors (Lipinski definition) is 5. The van der Waals surface area contributed by atoms with Gasteiger partial charge in [0.25, 0.3) is 0 Å². The molecule has 1 rings (SSSR count). The van der Waals surface area contributed by atoms with Crippen LogP contribution in [-0.4, -0.2) is 10.2 Å². The molecule has 0 aliphatic heterocycles. The maximum absolute atomic E-state index is 5.80. The second-order valence-corrected chi connectivity index (χ2v) is 3.79. The molecule has 0 amide bonds. The molecule has 0 aliphatic rings. The maximum Gasteiger partial charge on any atom is 0.203 e. The van der Waals surface area contributed by atoms with Gasteiger partial charge in [-0.2, -0.15) is 0 Å². The van der Waals surface area contributed by atoms with Crippen molar-refractivity contribution in [3.8, 4) is 0 Å². The Bertz CT molecular complexity index is 232. The number of anilines is 1. The van der Waals surface area contributed by atoms with Gasteiger partial charge in [0.2, 0.25) is 5.13 Å². The van der Waals surface area contributed by atoms with Crippen molar-refractivity contribution in [1.82, 2.24) is 10.2 Å². The molecule has 0 fully saturated rings. The highest BCUT2D eigenvalue weighted by Crippen LogP contribution is 2.22. The van der Waals surface area contributed by atoms with Crippen molar-refractivity contribution in [3.63, 3.8) is 0 Å². The van der Waals surface area contributed by atoms with Crippen molar-refractivity contribution < 1.29 is 0 Å². The van der Waals surface area contributed by atoms with E-state index < -0.39 is 0 Å². The Morgan fingerprint density at radius 3 is 2.36 bits per heavy atom. The van der Waals surface area contributed by atoms with E-state index in [0.717, 1.165) is 5.01 Å². The fraction of sp³-hybridized carbons (Fsp3) is 0.667. The molecule has 4 nitrogen and oxygen atoms in total. The highest BCUT2D eigenvalue weighted by atomic mass is 32.1. The summed E-state index contributed by atoms with van der Waals surface area (Å²) < 4.78 is 0. The maximum atomic E-state index is 5.80. The van der Waals surface area contributed by atoms with Crippen molar-refractivity contribution in [2.24, 2.45) is 11.7 Å². The van der Waals surface area contributed by atoms with Crippen molar-refractivity contribution >= 4 is 16.5 Å². The first-order valence-corrected chi connectivity index (χ1v) is 4.27. The average molecular weight is 172 g/mol. The van der Waals surface area contributed by atoms with E-state index >= 15 is 0 Å². The van der Waals surface area contributed by atoms with Crippen LogP contribution in [0.2, 0.25) is 0 Å². The summed E-state index contributed by atoms with van der Waals surface area (Å²) in [6.07, 6.45) is 0. The molecule has 0 radical (unpaired) electrons. The fourth-order valence-electron chi connectivity index (χ4n) is 0.666. The molecule has 0 aromatic carbocycles. The monoisotopic (exact) mass is 172 g/mol. The first-order chi connectivity index (χ1) is 5.11. The zero-order valence-corrected chi connectivity index (χ0v) is 7.43. The van der Waals surface area contributed by atoms with E-state index in [4.69, 9.17) is 11.5 Å². The van der Waals surface area contributed by atoms with Gasteiger partial charge in [-0.3, -0.25) is 0 Å². The number of rotatable bonds is 2. The molecule has 11 heavy (non-hydrogen) atoms. The first-order valence-electron chi connectivity index (χ1n) is 3.45. The van der Waals surface area contributed by atoms with Crippen molar-refractivity contribution in [2.75, 3.05) is 5.73 Å². The number of nitrogens with zero attached hydrogens (tertiary/aromatic N) is 2. The van der Waals surface area contributed by atoms with Gasteiger partial charge in [0.15, 0.2) is 0 Å². The Kier molecular flexibility index (Phi) is 2.41. The summed E-state index contributed by atoms with van der Waals surface area (Å²) in [5, 5.41) is 8.84. The SMILES string of the molecule is CC(C)C(N)c1nnc(N)s1. The van der Waals surface area contributed by atoms with E-state index in [9.17, 15) is 0 Å². The predicted octanol–water partition coefficient (Wildman–Crippen LogP) is 0.776. The highest BCUT2D eigenvalue weighted by molar-refractivity contribution is 7.15. The Morgan fingerprint density at radius 2 is 2.00 bits per heavy atom. The minimum absolute atomic E-state index is 0.0372. The Morgan fingerprint density at radius 1 is 1.36 bits per heavy atom. The lowest BCUT2D eigenvalue weighted by Crippen LogP contribution is -2.16. The molecule has 0 saturated heterocycles. The summed E-state index contributed by atoms with van der Waals surface area (Å²) in [6, 6.07) is -0.0372. The van der Waals surface area contributed by atoms with Crippen LogP contribution in [0.1, 0.15) is 24.9 Å². The molecule has 62 valence electrons. The van der Waals surface area contributed by atoms with Gasteiger partial charge in [-0.05, 0) is 5.92 Å². The number of aromatic nitrogens is 2. The van der Waals surface area contributed by atoms with E-state index in [1.54, 1.807) is 0 Å². The van der Waals surface area contributed by atoms with E-state index in [2.05, 4.69) is 10.2 Å². The highest BCUT2D eigenvalue weighted by Gasteiger charge is 2.14. The molecule has 1 unspecified atom stereocenters. The van der Waals surface area contributed by atoms with Gasteiger partial charge in [-0.15, -0.1) is 10.2 Å². The lowest BCUT2D eigenvalue weighted by molar-refractivity contribution is 0.509. The summed E-state index contributed by atoms with van der Waals surface area (Å²) >= 11 is 1.35. The molecular formula is C6H12N4S. The van der Waals surface area contributed by atoms with E-state index in [1.165, 1.54) is 11.3 Å². The molecule has 0 spiro atoms. The second-order valence-electron chi connectivity index (χ2n) is 2.75. The average Bonchev–Trinajstić information content (AvgIpc) is 2.34. The normalized spacial score (nSPS) is 13.8. The molecule has 1 aromatic rings. The summed E-state index contributed by atoms with van der Waals surface area (Å²) in [6.45, 7) is 4.09. The van der Waals surface area contributed by atoms with Crippen LogP contribution in [0, 0.1) is 5.92 Å². The van der Waals surface area contributed by atoms with Gasteiger partial charge in [-0.1, -0.05) is 25.2 Å². The van der Waals surface area contributed by atoms with Crippen molar-refractivity contribution in [3.05, 3.63) is 5.01 Å². The lowest BCUT2D eigenvalue weighted by Gasteiger charge is -2.10. The van der Waals surface area contributed by atoms with E-state index in [1.807, 2.05) is 13.8 Å². The minimum atomic E-state index is -0.0372. The molecular weight excluding hydrogens is 160 g/mol. The molecule has 0 saturated carbocycles. The van der Waals surface area contributed by atoms with Crippen LogP contribution in [0.15, 0.2) is 0 Å². The third-order valence-electron chi connectivity index (χ3n) is 1.46. The molecule has 5 heteroatoms. The predicted molar refractivity (Wildman–Crippen MR) is 46.1 cm³/mol. The van der Waals surface area contributed by atoms with Crippen LogP contribution >= 0.6 is 11.3 Å². The zero-order chi connectivity index (χ0) is 8.43. The quantitative estimate of drug-likeness (QED) is 0.691. The molecule has 0 aliphatic carbocycles. The smallest absolute Gasteiger partial charge is 0.203 e. The van der Waals surface area contributed by atoms with Crippen LogP contribution in [-0.2, 0) is 0 Å². The summed E-state index contributed by atoms with van der Waals surface area (Å²) in [5.74, 6) is 0.377. The third-order valence-corrected chi connectivity index (χ3v) is 2.31. The Hall–Kier alpha value is -0.680. The molecule has 4 N–H and O–H groups in total. The van der Waals surface area contributed by atoms with Gasteiger partial charge < -0.3 is 11.5 Å². The summed E-state index contributed by atoms with van der Waals surface area (Å²) in [7, 11) is 0. The first kappa shape index (κ1) is 8.42. The van der Waals surface area contributed by atoms with Gasteiger partial charge >= 0.3 is 0 Å². The van der Waals surface area contributed by atoms with Crippen LogP contribution < -0.4 is 11.5 Å². The second kappa shape index (κ2) is 3.15. The Labute approximate surface area is 69.6 Å². The van der Waals surface area contributed by atoms with Crippen LogP contribution in [0.4, 0.5) is 5.13 Å². The molecule has 1 heterocycles. The van der Waals surface area contributed by atoms with Gasteiger partial charge in [0.05, 0.1) is 6.04 Å². The summed E-state index contributed by atoms with van der Waals surface area (Å²) in [4.78, 5) is 0. The lowest BCUT2D eigenvalue weighted by atomic mass is 10.1. The van der Waals surface area contributed by atoms with E-state index in [0.29, 0.717) is 11.0 Å². The molecule has 1 aromatic heterocycles. The number of nitrogen functional groups attached to an aromatic ring is 1. The van der Waals surface area contributed by atoms with Crippen molar-refractivity contribution in [1.29, 1.82) is 0 Å². The number of nitrogens with two attached hydrogens (primary N) is 2. The van der Waals surface area contributed by atoms with Gasteiger partial charge in [-0.25, -0.2) is 0 Å². The fourth-order valence-corrected chi connectivity index (χ4v) is 1.45. The Balaban J connectivity index is 2.76. The molecule has 0 bridgehead atoms.